The monoisotopic (exact) mass is 365 g/mol. The molecular weight excluding hydrogens is 338 g/mol. The lowest BCUT2D eigenvalue weighted by molar-refractivity contribution is 0.101. The van der Waals surface area contributed by atoms with Crippen LogP contribution in [0.15, 0.2) is 30.5 Å². The van der Waals surface area contributed by atoms with E-state index in [4.69, 9.17) is 0 Å². The van der Waals surface area contributed by atoms with E-state index in [0.717, 1.165) is 34.4 Å². The number of rotatable bonds is 6. The van der Waals surface area contributed by atoms with Gasteiger partial charge in [0, 0.05) is 40.6 Å². The molecule has 0 bridgehead atoms. The molecule has 5 heteroatoms. The second-order valence-corrected chi connectivity index (χ2v) is 7.48. The molecule has 27 heavy (non-hydrogen) atoms. The summed E-state index contributed by atoms with van der Waals surface area (Å²) in [5, 5.41) is 4.06. The third-order valence-electron chi connectivity index (χ3n) is 4.81. The number of carbonyl (C=O) groups excluding carboxylic acids is 2. The first kappa shape index (κ1) is 19.0. The number of aromatic nitrogens is 2. The molecule has 3 aromatic rings. The fourth-order valence-electron chi connectivity index (χ4n) is 3.72. The van der Waals surface area contributed by atoms with Crippen LogP contribution < -0.4 is 5.32 Å². The molecule has 142 valence electrons. The van der Waals surface area contributed by atoms with Crippen molar-refractivity contribution in [3.8, 4) is 0 Å². The Hall–Kier alpha value is -2.82. The van der Waals surface area contributed by atoms with Gasteiger partial charge >= 0.3 is 0 Å². The Morgan fingerprint density at radius 1 is 1.22 bits per heavy atom. The van der Waals surface area contributed by atoms with Gasteiger partial charge in [0.25, 0.3) is 5.91 Å². The van der Waals surface area contributed by atoms with Crippen molar-refractivity contribution in [2.75, 3.05) is 5.32 Å². The van der Waals surface area contributed by atoms with Crippen molar-refractivity contribution in [1.82, 2.24) is 9.55 Å². The van der Waals surface area contributed by atoms with Gasteiger partial charge in [-0.3, -0.25) is 9.59 Å². The molecule has 0 aliphatic rings. The van der Waals surface area contributed by atoms with Crippen LogP contribution in [-0.4, -0.2) is 21.2 Å². The number of aryl methyl sites for hydroxylation is 1. The van der Waals surface area contributed by atoms with Gasteiger partial charge in [-0.2, -0.15) is 0 Å². The summed E-state index contributed by atoms with van der Waals surface area (Å²) in [5.41, 5.74) is 4.52. The van der Waals surface area contributed by atoms with Gasteiger partial charge in [0.2, 0.25) is 0 Å². The summed E-state index contributed by atoms with van der Waals surface area (Å²) < 4.78 is 2.23. The number of Topliss-reactive ketones (excluding diaryl/α,β-unsaturated/α-hetero) is 1. The van der Waals surface area contributed by atoms with E-state index in [2.05, 4.69) is 41.0 Å². The number of anilines is 1. The van der Waals surface area contributed by atoms with Gasteiger partial charge < -0.3 is 14.9 Å². The number of fused-ring (bicyclic) bond motifs is 1. The SMILES string of the molecule is CCc1c(C(=O)Nc2ccc3c(ccn3CC(C)C)c2)[nH]c(C)c1C(C)=O. The predicted octanol–water partition coefficient (Wildman–Crippen LogP) is 4.95. The van der Waals surface area contributed by atoms with Gasteiger partial charge in [-0.25, -0.2) is 0 Å². The highest BCUT2D eigenvalue weighted by Crippen LogP contribution is 2.24. The van der Waals surface area contributed by atoms with Crippen molar-refractivity contribution in [3.05, 3.63) is 53.0 Å². The van der Waals surface area contributed by atoms with Crippen molar-refractivity contribution in [2.45, 2.75) is 47.6 Å². The van der Waals surface area contributed by atoms with Crippen molar-refractivity contribution >= 4 is 28.3 Å². The number of amides is 1. The average Bonchev–Trinajstić information content (AvgIpc) is 3.14. The van der Waals surface area contributed by atoms with Gasteiger partial charge in [0.1, 0.15) is 5.69 Å². The van der Waals surface area contributed by atoms with E-state index in [0.29, 0.717) is 23.6 Å². The van der Waals surface area contributed by atoms with E-state index >= 15 is 0 Å². The largest absolute Gasteiger partial charge is 0.354 e. The number of nitrogens with zero attached hydrogens (tertiary/aromatic N) is 1. The van der Waals surface area contributed by atoms with Crippen molar-refractivity contribution in [2.24, 2.45) is 5.92 Å². The Bertz CT molecular complexity index is 1010. The van der Waals surface area contributed by atoms with Gasteiger partial charge in [-0.15, -0.1) is 0 Å². The summed E-state index contributed by atoms with van der Waals surface area (Å²) in [6.07, 6.45) is 2.71. The van der Waals surface area contributed by atoms with Gasteiger partial charge in [0.15, 0.2) is 5.78 Å². The molecule has 0 aliphatic carbocycles. The zero-order valence-corrected chi connectivity index (χ0v) is 16.6. The first-order valence-corrected chi connectivity index (χ1v) is 9.44. The standard InChI is InChI=1S/C22H27N3O2/c1-6-18-20(15(5)26)14(4)23-21(18)22(27)24-17-7-8-19-16(11-17)9-10-25(19)12-13(2)3/h7-11,13,23H,6,12H2,1-5H3,(H,24,27). The smallest absolute Gasteiger partial charge is 0.272 e. The topological polar surface area (TPSA) is 66.9 Å². The maximum Gasteiger partial charge on any atom is 0.272 e. The molecule has 0 aliphatic heterocycles. The van der Waals surface area contributed by atoms with Crippen LogP contribution in [-0.2, 0) is 13.0 Å². The van der Waals surface area contributed by atoms with E-state index < -0.39 is 0 Å². The number of hydrogen-bond acceptors (Lipinski definition) is 2. The summed E-state index contributed by atoms with van der Waals surface area (Å²) in [6, 6.07) is 8.01. The molecular formula is C22H27N3O2. The quantitative estimate of drug-likeness (QED) is 0.607. The van der Waals surface area contributed by atoms with Gasteiger partial charge in [0.05, 0.1) is 0 Å². The second-order valence-electron chi connectivity index (χ2n) is 7.48. The summed E-state index contributed by atoms with van der Waals surface area (Å²) in [7, 11) is 0. The first-order chi connectivity index (χ1) is 12.8. The molecule has 0 spiro atoms. The van der Waals surface area contributed by atoms with Crippen molar-refractivity contribution < 1.29 is 9.59 Å². The van der Waals surface area contributed by atoms with Crippen LogP contribution in [0.3, 0.4) is 0 Å². The van der Waals surface area contributed by atoms with E-state index in [1.165, 1.54) is 6.92 Å². The number of H-pyrrole nitrogens is 1. The maximum atomic E-state index is 12.8. The predicted molar refractivity (Wildman–Crippen MR) is 110 cm³/mol. The minimum atomic E-state index is -0.219. The molecule has 0 unspecified atom stereocenters. The zero-order valence-electron chi connectivity index (χ0n) is 16.6. The van der Waals surface area contributed by atoms with Crippen LogP contribution in [0.5, 0.6) is 0 Å². The Morgan fingerprint density at radius 3 is 2.59 bits per heavy atom. The maximum absolute atomic E-state index is 12.8. The highest BCUT2D eigenvalue weighted by atomic mass is 16.2. The lowest BCUT2D eigenvalue weighted by atomic mass is 10.0. The summed E-state index contributed by atoms with van der Waals surface area (Å²) in [4.78, 5) is 27.8. The molecule has 0 radical (unpaired) electrons. The summed E-state index contributed by atoms with van der Waals surface area (Å²) >= 11 is 0. The summed E-state index contributed by atoms with van der Waals surface area (Å²) in [6.45, 7) is 10.7. The van der Waals surface area contributed by atoms with Gasteiger partial charge in [-0.05, 0) is 56.0 Å². The molecule has 3 rings (SSSR count). The van der Waals surface area contributed by atoms with Crippen LogP contribution in [0, 0.1) is 12.8 Å². The fraction of sp³-hybridized carbons (Fsp3) is 0.364. The Morgan fingerprint density at radius 2 is 1.96 bits per heavy atom. The van der Waals surface area contributed by atoms with Crippen LogP contribution in [0.1, 0.15) is 59.8 Å². The number of ketones is 1. The molecule has 0 fully saturated rings. The fourth-order valence-corrected chi connectivity index (χ4v) is 3.72. The molecule has 1 aromatic carbocycles. The second kappa shape index (κ2) is 7.43. The van der Waals surface area contributed by atoms with Crippen LogP contribution >= 0.6 is 0 Å². The van der Waals surface area contributed by atoms with E-state index in [9.17, 15) is 9.59 Å². The molecule has 0 atom stereocenters. The first-order valence-electron chi connectivity index (χ1n) is 9.44. The van der Waals surface area contributed by atoms with E-state index in [1.807, 2.05) is 32.0 Å². The Labute approximate surface area is 159 Å². The lowest BCUT2D eigenvalue weighted by Gasteiger charge is -2.10. The molecule has 2 aromatic heterocycles. The third kappa shape index (κ3) is 3.68. The third-order valence-corrected chi connectivity index (χ3v) is 4.81. The van der Waals surface area contributed by atoms with Crippen LogP contribution in [0.4, 0.5) is 5.69 Å². The number of hydrogen-bond donors (Lipinski definition) is 2. The van der Waals surface area contributed by atoms with Gasteiger partial charge in [-0.1, -0.05) is 20.8 Å². The minimum absolute atomic E-state index is 0.0208. The van der Waals surface area contributed by atoms with Crippen LogP contribution in [0.2, 0.25) is 0 Å². The van der Waals surface area contributed by atoms with E-state index in [1.54, 1.807) is 0 Å². The average molecular weight is 365 g/mol. The van der Waals surface area contributed by atoms with Crippen LogP contribution in [0.25, 0.3) is 10.9 Å². The lowest BCUT2D eigenvalue weighted by Crippen LogP contribution is -2.14. The molecule has 0 saturated carbocycles. The highest BCUT2D eigenvalue weighted by molar-refractivity contribution is 6.08. The normalized spacial score (nSPS) is 11.3. The number of carbonyl (C=O) groups is 2. The molecule has 2 heterocycles. The molecule has 5 nitrogen and oxygen atoms in total. The molecule has 2 N–H and O–H groups in total. The zero-order chi connectivity index (χ0) is 19.7. The Kier molecular flexibility index (Phi) is 5.22. The minimum Gasteiger partial charge on any atom is -0.354 e. The number of aromatic amines is 1. The highest BCUT2D eigenvalue weighted by Gasteiger charge is 2.21. The van der Waals surface area contributed by atoms with Crippen molar-refractivity contribution in [3.63, 3.8) is 0 Å². The summed E-state index contributed by atoms with van der Waals surface area (Å²) in [5.74, 6) is 0.329. The molecule has 1 amide bonds. The van der Waals surface area contributed by atoms with Crippen molar-refractivity contribution in [1.29, 1.82) is 0 Å². The van der Waals surface area contributed by atoms with E-state index in [-0.39, 0.29) is 11.7 Å². The number of nitrogens with one attached hydrogen (secondary N) is 2. The Balaban J connectivity index is 1.88. The molecule has 0 saturated heterocycles. The number of benzene rings is 1.